The number of pyridine rings is 4. The molecule has 0 spiro atoms. The molecule has 4 aromatic rings. The molecule has 16 nitrogen and oxygen atoms in total. The van der Waals surface area contributed by atoms with Gasteiger partial charge in [0.05, 0.1) is 22.8 Å². The Morgan fingerprint density at radius 1 is 0.485 bits per heavy atom. The van der Waals surface area contributed by atoms with Gasteiger partial charge in [0, 0.05) is 75.1 Å². The molecule has 0 saturated heterocycles. The monoisotopic (exact) mass is 1090 g/mol. The molecule has 4 unspecified atom stereocenters. The van der Waals surface area contributed by atoms with Crippen molar-refractivity contribution in [2.24, 2.45) is 0 Å². The molecule has 0 amide bonds. The maximum atomic E-state index is 10.7. The number of hydrogen-bond acceptors (Lipinski definition) is 15. The van der Waals surface area contributed by atoms with Gasteiger partial charge in [0.15, 0.2) is 20.2 Å². The fourth-order valence-corrected chi connectivity index (χ4v) is 7.70. The van der Waals surface area contributed by atoms with Gasteiger partial charge in [-0.3, -0.25) is 39.5 Å². The molecule has 2 aliphatic rings. The molecular formula is C42H57F6Fe2N8O8S2. The Hall–Kier alpha value is -3.20. The predicted molar refractivity (Wildman–Crippen MR) is 229 cm³/mol. The van der Waals surface area contributed by atoms with Crippen molar-refractivity contribution in [1.82, 2.24) is 39.5 Å². The van der Waals surface area contributed by atoms with Crippen LogP contribution >= 0.6 is 0 Å². The zero-order valence-electron chi connectivity index (χ0n) is 37.7. The summed E-state index contributed by atoms with van der Waals surface area (Å²) in [7, 11) is -3.21. The Morgan fingerprint density at radius 2 is 0.662 bits per heavy atom. The van der Waals surface area contributed by atoms with Gasteiger partial charge >= 0.3 is 45.2 Å². The van der Waals surface area contributed by atoms with Gasteiger partial charge in [0.1, 0.15) is 0 Å². The predicted octanol–water partition coefficient (Wildman–Crippen LogP) is 6.51. The Kier molecular flexibility index (Phi) is 31.4. The normalized spacial score (nSPS) is 18.4. The maximum Gasteiger partial charge on any atom is 3.00 e. The molecule has 2 saturated carbocycles. The van der Waals surface area contributed by atoms with E-state index in [2.05, 4.69) is 116 Å². The number of likely N-dealkylation sites (N-methyl/N-ethyl adjacent to an activating group) is 4. The van der Waals surface area contributed by atoms with E-state index in [0.717, 1.165) is 49.0 Å². The van der Waals surface area contributed by atoms with E-state index in [4.69, 9.17) is 25.9 Å². The molecule has 0 aromatic carbocycles. The van der Waals surface area contributed by atoms with Crippen LogP contribution in [0.25, 0.3) is 0 Å². The number of rotatable bonds is 12. The average Bonchev–Trinajstić information content (AvgIpc) is 3.24. The Morgan fingerprint density at radius 3 is 0.794 bits per heavy atom. The Balaban J connectivity index is 0. The minimum absolute atomic E-state index is 0. The minimum Gasteiger partial charge on any atom is -2.00 e. The van der Waals surface area contributed by atoms with E-state index in [-0.39, 0.29) is 45.1 Å². The van der Waals surface area contributed by atoms with Crippen LogP contribution in [0.3, 0.4) is 0 Å². The average molecular weight is 1090 g/mol. The molecule has 26 heteroatoms. The molecule has 0 aliphatic heterocycles. The zero-order valence-corrected chi connectivity index (χ0v) is 41.5. The van der Waals surface area contributed by atoms with E-state index in [1.54, 1.807) is 0 Å². The van der Waals surface area contributed by atoms with Gasteiger partial charge in [-0.15, -0.1) is 0 Å². The van der Waals surface area contributed by atoms with Crippen molar-refractivity contribution in [2.45, 2.75) is 113 Å². The van der Waals surface area contributed by atoms with Crippen molar-refractivity contribution >= 4 is 20.2 Å². The van der Waals surface area contributed by atoms with Crippen LogP contribution in [0.5, 0.6) is 0 Å². The molecule has 4 heterocycles. The molecule has 4 atom stereocenters. The van der Waals surface area contributed by atoms with Gasteiger partial charge in [0.25, 0.3) is 0 Å². The van der Waals surface area contributed by atoms with Gasteiger partial charge in [-0.05, 0) is 102 Å². The number of halogens is 6. The number of nitrogens with zero attached hydrogens (tertiary/aromatic N) is 8. The number of aromatic nitrogens is 4. The van der Waals surface area contributed by atoms with Gasteiger partial charge in [-0.1, -0.05) is 49.9 Å². The van der Waals surface area contributed by atoms with Gasteiger partial charge < -0.3 is 20.1 Å². The van der Waals surface area contributed by atoms with E-state index < -0.39 is 31.3 Å². The number of hydrogen-bond donors (Lipinski definition) is 0. The molecule has 2 aliphatic carbocycles. The molecule has 383 valence electrons. The molecule has 0 bridgehead atoms. The summed E-state index contributed by atoms with van der Waals surface area (Å²) in [6.45, 7) is 3.66. The third-order valence-corrected chi connectivity index (χ3v) is 11.9. The third-order valence-electron chi connectivity index (χ3n) is 10.8. The standard InChI is InChI=1S/2C20H28N4.2CHF3O3S.2Fe.H2O.O/c2*1-23(15-17-9-5-7-13-21-17)19-11-3-4-12-20(19)24(2)16-18-10-6-8-14-22-18;2*2-1(3,4)8(5,6)7;;;;/h2*5-10,13-14,19-20H,3-4,11-12,15-16H2,1-2H3;2*(H,5,6,7);;;1H2;/q;;;;+2;+3;;-2/p-3. The van der Waals surface area contributed by atoms with Crippen LogP contribution in [0, 0.1) is 0 Å². The summed E-state index contributed by atoms with van der Waals surface area (Å²) in [5.41, 5.74) is -6.69. The first-order valence-electron chi connectivity index (χ1n) is 20.4. The Bertz CT molecular complexity index is 1890. The third kappa shape index (κ3) is 23.6. The first kappa shape index (κ1) is 66.9. The van der Waals surface area contributed by atoms with E-state index in [9.17, 15) is 26.3 Å². The van der Waals surface area contributed by atoms with Gasteiger partial charge in [-0.25, -0.2) is 16.8 Å². The second-order valence-corrected chi connectivity index (χ2v) is 18.3. The van der Waals surface area contributed by atoms with Crippen LogP contribution in [0.2, 0.25) is 0 Å². The summed E-state index contributed by atoms with van der Waals surface area (Å²) < 4.78 is 118. The molecule has 4 aromatic heterocycles. The Labute approximate surface area is 416 Å². The molecule has 1 N–H and O–H groups in total. The van der Waals surface area contributed by atoms with E-state index in [1.165, 1.54) is 51.4 Å². The van der Waals surface area contributed by atoms with Crippen molar-refractivity contribution < 1.29 is 97.4 Å². The maximum absolute atomic E-state index is 10.7. The SMILES string of the molecule is CN(Cc1ccccn1)C1CCCCC1N(C)Cc1ccccn1.CN(Cc1ccccn1)C1CCCCC1N(C)Cc1ccccn1.O=S(=O)([O-])C(F)(F)F.O=S(=O)([O-])C(F)(F)F.[Fe+2].[Fe+3].[O-2].[OH-]. The summed E-state index contributed by atoms with van der Waals surface area (Å²) in [6, 6.07) is 27.0. The molecule has 68 heavy (non-hydrogen) atoms. The van der Waals surface area contributed by atoms with Crippen LogP contribution in [-0.2, 0) is 86.0 Å². The van der Waals surface area contributed by atoms with E-state index >= 15 is 0 Å². The fourth-order valence-electron chi connectivity index (χ4n) is 7.70. The van der Waals surface area contributed by atoms with Crippen molar-refractivity contribution in [3.8, 4) is 0 Å². The van der Waals surface area contributed by atoms with Crippen molar-refractivity contribution in [3.63, 3.8) is 0 Å². The summed E-state index contributed by atoms with van der Waals surface area (Å²) >= 11 is 0. The summed E-state index contributed by atoms with van der Waals surface area (Å²) in [5, 5.41) is 0. The zero-order chi connectivity index (χ0) is 47.6. The van der Waals surface area contributed by atoms with Crippen molar-refractivity contribution in [2.75, 3.05) is 28.2 Å². The van der Waals surface area contributed by atoms with Gasteiger partial charge in [-0.2, -0.15) is 26.3 Å². The van der Waals surface area contributed by atoms with Crippen LogP contribution < -0.4 is 0 Å². The second-order valence-electron chi connectivity index (χ2n) is 15.6. The molecule has 1 radical (unpaired) electrons. The van der Waals surface area contributed by atoms with Crippen LogP contribution in [0.4, 0.5) is 26.3 Å². The van der Waals surface area contributed by atoms with Crippen LogP contribution in [0.1, 0.15) is 74.1 Å². The molecular weight excluding hydrogens is 1030 g/mol. The minimum atomic E-state index is -6.09. The van der Waals surface area contributed by atoms with E-state index in [0.29, 0.717) is 24.2 Å². The van der Waals surface area contributed by atoms with Crippen molar-refractivity contribution in [1.29, 1.82) is 0 Å². The van der Waals surface area contributed by atoms with E-state index in [1.807, 2.05) is 49.1 Å². The van der Waals surface area contributed by atoms with Crippen LogP contribution in [-0.4, -0.2) is 134 Å². The first-order chi connectivity index (χ1) is 30.0. The van der Waals surface area contributed by atoms with Crippen molar-refractivity contribution in [3.05, 3.63) is 120 Å². The quantitative estimate of drug-likeness (QED) is 0.0637. The largest absolute Gasteiger partial charge is 3.00 e. The molecule has 6 rings (SSSR count). The summed E-state index contributed by atoms with van der Waals surface area (Å²) in [5.74, 6) is 0. The fraction of sp³-hybridized carbons (Fsp3) is 0.524. The summed E-state index contributed by atoms with van der Waals surface area (Å²) in [4.78, 5) is 27.9. The number of alkyl halides is 6. The van der Waals surface area contributed by atoms with Gasteiger partial charge in [0.2, 0.25) is 0 Å². The van der Waals surface area contributed by atoms with Crippen LogP contribution in [0.15, 0.2) is 97.6 Å². The summed E-state index contributed by atoms with van der Waals surface area (Å²) in [6.07, 6.45) is 17.9. The topological polar surface area (TPSA) is 237 Å². The second kappa shape index (κ2) is 31.9. The molecule has 2 fully saturated rings. The smallest absolute Gasteiger partial charge is 2.00 e. The first-order valence-corrected chi connectivity index (χ1v) is 23.2.